The molecule has 0 saturated heterocycles. The van der Waals surface area contributed by atoms with Crippen LogP contribution in [0.4, 0.5) is 4.39 Å². The topological polar surface area (TPSA) is 46.5 Å². The minimum Gasteiger partial charge on any atom is -0.508 e. The molecule has 3 nitrogen and oxygen atoms in total. The summed E-state index contributed by atoms with van der Waals surface area (Å²) in [6, 6.07) is 8.69. The summed E-state index contributed by atoms with van der Waals surface area (Å²) in [5.41, 5.74) is 2.06. The maximum Gasteiger partial charge on any atom is 0.337 e. The average molecular weight is 260 g/mol. The van der Waals surface area contributed by atoms with E-state index >= 15 is 0 Å². The largest absolute Gasteiger partial charge is 0.508 e. The number of phenols is 1. The van der Waals surface area contributed by atoms with Crippen LogP contribution in [0.2, 0.25) is 0 Å². The van der Waals surface area contributed by atoms with Crippen LogP contribution in [-0.2, 0) is 4.74 Å². The number of aryl methyl sites for hydroxylation is 1. The van der Waals surface area contributed by atoms with Gasteiger partial charge in [0.2, 0.25) is 0 Å². The first-order valence-corrected chi connectivity index (χ1v) is 5.71. The van der Waals surface area contributed by atoms with Crippen molar-refractivity contribution < 1.29 is 19.0 Å². The number of hydrogen-bond donors (Lipinski definition) is 1. The highest BCUT2D eigenvalue weighted by atomic mass is 19.1. The predicted octanol–water partition coefficient (Wildman–Crippen LogP) is 3.29. The van der Waals surface area contributed by atoms with Gasteiger partial charge in [-0.3, -0.25) is 0 Å². The number of carbonyl (C=O) groups is 1. The van der Waals surface area contributed by atoms with Gasteiger partial charge in [-0.05, 0) is 48.4 Å². The van der Waals surface area contributed by atoms with E-state index in [0.29, 0.717) is 16.7 Å². The van der Waals surface area contributed by atoms with Gasteiger partial charge in [0.15, 0.2) is 0 Å². The highest BCUT2D eigenvalue weighted by Crippen LogP contribution is 2.29. The number of esters is 1. The minimum absolute atomic E-state index is 0.00663. The molecule has 2 aromatic carbocycles. The molecule has 0 saturated carbocycles. The second-order valence-electron chi connectivity index (χ2n) is 4.19. The Kier molecular flexibility index (Phi) is 3.51. The third-order valence-corrected chi connectivity index (χ3v) is 2.89. The molecule has 0 amide bonds. The maximum absolute atomic E-state index is 13.8. The summed E-state index contributed by atoms with van der Waals surface area (Å²) in [5.74, 6) is -0.870. The maximum atomic E-state index is 13.8. The Morgan fingerprint density at radius 3 is 2.53 bits per heavy atom. The molecule has 0 aliphatic carbocycles. The van der Waals surface area contributed by atoms with Crippen molar-refractivity contribution in [2.75, 3.05) is 7.11 Å². The molecule has 4 heteroatoms. The fourth-order valence-electron chi connectivity index (χ4n) is 1.93. The predicted molar refractivity (Wildman–Crippen MR) is 69.6 cm³/mol. The summed E-state index contributed by atoms with van der Waals surface area (Å²) in [7, 11) is 1.31. The molecule has 0 bridgehead atoms. The standard InChI is InChI=1S/C15H13FO3/c1-9-7-10(15(18)19-2)3-5-12(9)13-8-11(17)4-6-14(13)16/h3-8,17H,1-2H3. The second kappa shape index (κ2) is 5.10. The number of benzene rings is 2. The van der Waals surface area contributed by atoms with Crippen molar-refractivity contribution in [2.24, 2.45) is 0 Å². The molecule has 98 valence electrons. The fourth-order valence-corrected chi connectivity index (χ4v) is 1.93. The van der Waals surface area contributed by atoms with E-state index < -0.39 is 11.8 Å². The molecule has 1 N–H and O–H groups in total. The van der Waals surface area contributed by atoms with Crippen molar-refractivity contribution in [1.82, 2.24) is 0 Å². The quantitative estimate of drug-likeness (QED) is 0.843. The molecule has 0 atom stereocenters. The Morgan fingerprint density at radius 2 is 1.89 bits per heavy atom. The number of halogens is 1. The molecule has 0 unspecified atom stereocenters. The van der Waals surface area contributed by atoms with Crippen LogP contribution in [0.5, 0.6) is 5.75 Å². The van der Waals surface area contributed by atoms with Crippen LogP contribution in [0.15, 0.2) is 36.4 Å². The molecule has 0 aliphatic heterocycles. The summed E-state index contributed by atoms with van der Waals surface area (Å²) < 4.78 is 18.4. The SMILES string of the molecule is COC(=O)c1ccc(-c2cc(O)ccc2F)c(C)c1. The van der Waals surface area contributed by atoms with Crippen molar-refractivity contribution in [1.29, 1.82) is 0 Å². The highest BCUT2D eigenvalue weighted by Gasteiger charge is 2.12. The lowest BCUT2D eigenvalue weighted by Crippen LogP contribution is -2.01. The highest BCUT2D eigenvalue weighted by molar-refractivity contribution is 5.90. The van der Waals surface area contributed by atoms with Crippen LogP contribution >= 0.6 is 0 Å². The Bertz CT molecular complexity index is 635. The molecule has 0 fully saturated rings. The molecular formula is C15H13FO3. The van der Waals surface area contributed by atoms with E-state index in [0.717, 1.165) is 5.56 Å². The average Bonchev–Trinajstić information content (AvgIpc) is 2.41. The van der Waals surface area contributed by atoms with Gasteiger partial charge >= 0.3 is 5.97 Å². The van der Waals surface area contributed by atoms with Gasteiger partial charge in [-0.2, -0.15) is 0 Å². The normalized spacial score (nSPS) is 10.3. The molecule has 0 aliphatic rings. The van der Waals surface area contributed by atoms with Gasteiger partial charge in [0, 0.05) is 5.56 Å². The molecular weight excluding hydrogens is 247 g/mol. The molecule has 19 heavy (non-hydrogen) atoms. The summed E-state index contributed by atoms with van der Waals surface area (Å²) in [6.45, 7) is 1.77. The summed E-state index contributed by atoms with van der Waals surface area (Å²) in [5, 5.41) is 9.43. The summed E-state index contributed by atoms with van der Waals surface area (Å²) >= 11 is 0. The van der Waals surface area contributed by atoms with Crippen molar-refractivity contribution in [3.63, 3.8) is 0 Å². The monoisotopic (exact) mass is 260 g/mol. The number of rotatable bonds is 2. The first-order chi connectivity index (χ1) is 9.02. The minimum atomic E-state index is -0.439. The van der Waals surface area contributed by atoms with Crippen molar-refractivity contribution >= 4 is 5.97 Å². The molecule has 0 aromatic heterocycles. The third-order valence-electron chi connectivity index (χ3n) is 2.89. The number of methoxy groups -OCH3 is 1. The Hall–Kier alpha value is -2.36. The van der Waals surface area contributed by atoms with E-state index in [1.165, 1.54) is 25.3 Å². The number of aromatic hydroxyl groups is 1. The lowest BCUT2D eigenvalue weighted by atomic mass is 9.98. The lowest BCUT2D eigenvalue weighted by Gasteiger charge is -2.09. The zero-order chi connectivity index (χ0) is 14.0. The van der Waals surface area contributed by atoms with E-state index in [9.17, 15) is 14.3 Å². The van der Waals surface area contributed by atoms with Gasteiger partial charge in [-0.25, -0.2) is 9.18 Å². The summed E-state index contributed by atoms with van der Waals surface area (Å²) in [4.78, 5) is 11.4. The van der Waals surface area contributed by atoms with E-state index in [4.69, 9.17) is 0 Å². The van der Waals surface area contributed by atoms with Crippen LogP contribution in [0, 0.1) is 12.7 Å². The van der Waals surface area contributed by atoms with Gasteiger partial charge in [0.05, 0.1) is 12.7 Å². The van der Waals surface area contributed by atoms with E-state index in [1.807, 2.05) is 0 Å². The van der Waals surface area contributed by atoms with E-state index in [-0.39, 0.29) is 5.75 Å². The van der Waals surface area contributed by atoms with Gasteiger partial charge in [-0.1, -0.05) is 6.07 Å². The van der Waals surface area contributed by atoms with Crippen molar-refractivity contribution in [3.05, 3.63) is 53.3 Å². The Morgan fingerprint density at radius 1 is 1.16 bits per heavy atom. The number of ether oxygens (including phenoxy) is 1. The van der Waals surface area contributed by atoms with Gasteiger partial charge < -0.3 is 9.84 Å². The van der Waals surface area contributed by atoms with Crippen molar-refractivity contribution in [2.45, 2.75) is 6.92 Å². The van der Waals surface area contributed by atoms with Crippen molar-refractivity contribution in [3.8, 4) is 16.9 Å². The first-order valence-electron chi connectivity index (χ1n) is 5.71. The van der Waals surface area contributed by atoms with Gasteiger partial charge in [0.25, 0.3) is 0 Å². The van der Waals surface area contributed by atoms with Crippen LogP contribution in [-0.4, -0.2) is 18.2 Å². The molecule has 0 spiro atoms. The number of carbonyl (C=O) groups excluding carboxylic acids is 1. The smallest absolute Gasteiger partial charge is 0.337 e. The zero-order valence-corrected chi connectivity index (χ0v) is 10.6. The van der Waals surface area contributed by atoms with E-state index in [2.05, 4.69) is 4.74 Å². The molecule has 0 heterocycles. The molecule has 2 aromatic rings. The zero-order valence-electron chi connectivity index (χ0n) is 10.6. The molecule has 2 rings (SSSR count). The summed E-state index contributed by atoms with van der Waals surface area (Å²) in [6.07, 6.45) is 0. The van der Waals surface area contributed by atoms with Gasteiger partial charge in [-0.15, -0.1) is 0 Å². The van der Waals surface area contributed by atoms with Gasteiger partial charge in [0.1, 0.15) is 11.6 Å². The lowest BCUT2D eigenvalue weighted by molar-refractivity contribution is 0.0600. The van der Waals surface area contributed by atoms with Crippen LogP contribution < -0.4 is 0 Å². The van der Waals surface area contributed by atoms with Crippen LogP contribution in [0.1, 0.15) is 15.9 Å². The van der Waals surface area contributed by atoms with Crippen LogP contribution in [0.25, 0.3) is 11.1 Å². The molecule has 0 radical (unpaired) electrons. The fraction of sp³-hybridized carbons (Fsp3) is 0.133. The van der Waals surface area contributed by atoms with E-state index in [1.54, 1.807) is 25.1 Å². The first kappa shape index (κ1) is 13.1. The number of phenolic OH excluding ortho intramolecular Hbond substituents is 1. The van der Waals surface area contributed by atoms with Crippen LogP contribution in [0.3, 0.4) is 0 Å². The second-order valence-corrected chi connectivity index (χ2v) is 4.19. The third kappa shape index (κ3) is 2.57. The number of hydrogen-bond acceptors (Lipinski definition) is 3. The Balaban J connectivity index is 2.52. The Labute approximate surface area is 110 Å².